The van der Waals surface area contributed by atoms with Gasteiger partial charge in [0.05, 0.1) is 0 Å². The fourth-order valence-corrected chi connectivity index (χ4v) is 2.73. The Morgan fingerprint density at radius 2 is 2.16 bits per heavy atom. The molecule has 1 aliphatic heterocycles. The predicted octanol–water partition coefficient (Wildman–Crippen LogP) is 2.39. The van der Waals surface area contributed by atoms with Crippen LogP contribution in [0.2, 0.25) is 0 Å². The normalized spacial score (nSPS) is 18.6. The number of nitrogens with zero attached hydrogens (tertiary/aromatic N) is 1. The number of carbonyl (C=O) groups excluding carboxylic acids is 1. The van der Waals surface area contributed by atoms with Crippen molar-refractivity contribution in [2.75, 3.05) is 11.4 Å². The van der Waals surface area contributed by atoms with Crippen LogP contribution < -0.4 is 4.90 Å². The molecule has 1 heterocycles. The lowest BCUT2D eigenvalue weighted by Gasteiger charge is -2.21. The standard InChI is InChI=1S/C15H19NO3/c1-10-3-4-14-13(7-10)8-12(9-15(18)19)5-6-16(14)11(2)17/h3-4,7,12H,5-6,8-9H2,1-2H3,(H,18,19). The number of carboxylic acids is 1. The number of hydrogen-bond donors (Lipinski definition) is 1. The molecule has 0 aliphatic carbocycles. The van der Waals surface area contributed by atoms with Gasteiger partial charge in [0.25, 0.3) is 0 Å². The maximum Gasteiger partial charge on any atom is 0.303 e. The number of carboxylic acid groups (broad SMARTS) is 1. The van der Waals surface area contributed by atoms with Crippen LogP contribution in [0.4, 0.5) is 5.69 Å². The largest absolute Gasteiger partial charge is 0.481 e. The lowest BCUT2D eigenvalue weighted by molar-refractivity contribution is -0.138. The van der Waals surface area contributed by atoms with Gasteiger partial charge < -0.3 is 10.0 Å². The van der Waals surface area contributed by atoms with Gasteiger partial charge in [0.2, 0.25) is 5.91 Å². The van der Waals surface area contributed by atoms with E-state index in [0.717, 1.165) is 29.7 Å². The van der Waals surface area contributed by atoms with Crippen LogP contribution in [-0.4, -0.2) is 23.5 Å². The van der Waals surface area contributed by atoms with Crippen molar-refractivity contribution >= 4 is 17.6 Å². The summed E-state index contributed by atoms with van der Waals surface area (Å²) in [6.45, 7) is 4.17. The van der Waals surface area contributed by atoms with E-state index in [0.29, 0.717) is 6.54 Å². The Balaban J connectivity index is 2.35. The van der Waals surface area contributed by atoms with Crippen molar-refractivity contribution < 1.29 is 14.7 Å². The highest BCUT2D eigenvalue weighted by Gasteiger charge is 2.24. The number of fused-ring (bicyclic) bond motifs is 1. The molecule has 4 nitrogen and oxygen atoms in total. The topological polar surface area (TPSA) is 57.6 Å². The van der Waals surface area contributed by atoms with Gasteiger partial charge in [-0.15, -0.1) is 0 Å². The second-order valence-electron chi connectivity index (χ2n) is 5.26. The van der Waals surface area contributed by atoms with E-state index in [2.05, 4.69) is 6.07 Å². The summed E-state index contributed by atoms with van der Waals surface area (Å²) in [6, 6.07) is 6.02. The molecule has 102 valence electrons. The van der Waals surface area contributed by atoms with Crippen LogP contribution >= 0.6 is 0 Å². The molecule has 1 aliphatic rings. The van der Waals surface area contributed by atoms with Gasteiger partial charge in [-0.1, -0.05) is 17.7 Å². The molecule has 1 atom stereocenters. The van der Waals surface area contributed by atoms with Crippen molar-refractivity contribution in [3.63, 3.8) is 0 Å². The third kappa shape index (κ3) is 3.13. The smallest absolute Gasteiger partial charge is 0.303 e. The van der Waals surface area contributed by atoms with Crippen LogP contribution in [0.15, 0.2) is 18.2 Å². The Hall–Kier alpha value is -1.84. The molecule has 19 heavy (non-hydrogen) atoms. The maximum atomic E-state index is 11.7. The van der Waals surface area contributed by atoms with Gasteiger partial charge in [-0.25, -0.2) is 0 Å². The highest BCUT2D eigenvalue weighted by atomic mass is 16.4. The molecular formula is C15H19NO3. The highest BCUT2D eigenvalue weighted by molar-refractivity contribution is 5.92. The minimum Gasteiger partial charge on any atom is -0.481 e. The number of carbonyl (C=O) groups is 2. The first-order valence-corrected chi connectivity index (χ1v) is 6.57. The predicted molar refractivity (Wildman–Crippen MR) is 73.3 cm³/mol. The highest BCUT2D eigenvalue weighted by Crippen LogP contribution is 2.31. The molecule has 0 spiro atoms. The summed E-state index contributed by atoms with van der Waals surface area (Å²) in [7, 11) is 0. The van der Waals surface area contributed by atoms with Gasteiger partial charge >= 0.3 is 5.97 Å². The van der Waals surface area contributed by atoms with E-state index in [1.165, 1.54) is 0 Å². The summed E-state index contributed by atoms with van der Waals surface area (Å²) in [6.07, 6.45) is 1.63. The second kappa shape index (κ2) is 5.43. The van der Waals surface area contributed by atoms with E-state index in [-0.39, 0.29) is 18.2 Å². The second-order valence-corrected chi connectivity index (χ2v) is 5.26. The fourth-order valence-electron chi connectivity index (χ4n) is 2.73. The quantitative estimate of drug-likeness (QED) is 0.889. The summed E-state index contributed by atoms with van der Waals surface area (Å²) >= 11 is 0. The Bertz CT molecular complexity index is 510. The molecular weight excluding hydrogens is 242 g/mol. The molecule has 0 bridgehead atoms. The van der Waals surface area contributed by atoms with Gasteiger partial charge in [0.15, 0.2) is 0 Å². The van der Waals surface area contributed by atoms with E-state index in [9.17, 15) is 9.59 Å². The maximum absolute atomic E-state index is 11.7. The van der Waals surface area contributed by atoms with Crippen molar-refractivity contribution in [1.82, 2.24) is 0 Å². The molecule has 1 amide bonds. The first kappa shape index (κ1) is 13.6. The van der Waals surface area contributed by atoms with Crippen LogP contribution in [-0.2, 0) is 16.0 Å². The minimum absolute atomic E-state index is 0.0149. The van der Waals surface area contributed by atoms with Crippen molar-refractivity contribution in [2.24, 2.45) is 5.92 Å². The molecule has 0 radical (unpaired) electrons. The number of aliphatic carboxylic acids is 1. The average Bonchev–Trinajstić information content (AvgIpc) is 2.46. The van der Waals surface area contributed by atoms with Crippen molar-refractivity contribution in [2.45, 2.75) is 33.1 Å². The van der Waals surface area contributed by atoms with Crippen LogP contribution in [0.25, 0.3) is 0 Å². The van der Waals surface area contributed by atoms with Crippen LogP contribution in [0, 0.1) is 12.8 Å². The fraction of sp³-hybridized carbons (Fsp3) is 0.467. The third-order valence-corrected chi connectivity index (χ3v) is 3.64. The first-order chi connectivity index (χ1) is 8.97. The Labute approximate surface area is 113 Å². The zero-order valence-electron chi connectivity index (χ0n) is 11.3. The van der Waals surface area contributed by atoms with E-state index in [4.69, 9.17) is 5.11 Å². The van der Waals surface area contributed by atoms with E-state index < -0.39 is 5.97 Å². The zero-order valence-corrected chi connectivity index (χ0v) is 11.3. The van der Waals surface area contributed by atoms with Gasteiger partial charge in [-0.2, -0.15) is 0 Å². The van der Waals surface area contributed by atoms with Crippen LogP contribution in [0.3, 0.4) is 0 Å². The lowest BCUT2D eigenvalue weighted by Crippen LogP contribution is -2.29. The van der Waals surface area contributed by atoms with Gasteiger partial charge in [0, 0.05) is 25.6 Å². The molecule has 4 heteroatoms. The van der Waals surface area contributed by atoms with Crippen molar-refractivity contribution in [3.05, 3.63) is 29.3 Å². The van der Waals surface area contributed by atoms with Gasteiger partial charge in [0.1, 0.15) is 0 Å². The molecule has 0 saturated heterocycles. The Morgan fingerprint density at radius 3 is 2.79 bits per heavy atom. The van der Waals surface area contributed by atoms with E-state index >= 15 is 0 Å². The van der Waals surface area contributed by atoms with Gasteiger partial charge in [-0.3, -0.25) is 9.59 Å². The van der Waals surface area contributed by atoms with E-state index in [1.54, 1.807) is 11.8 Å². The van der Waals surface area contributed by atoms with Crippen LogP contribution in [0.5, 0.6) is 0 Å². The first-order valence-electron chi connectivity index (χ1n) is 6.57. The molecule has 1 unspecified atom stereocenters. The van der Waals surface area contributed by atoms with Crippen molar-refractivity contribution in [1.29, 1.82) is 0 Å². The third-order valence-electron chi connectivity index (χ3n) is 3.64. The summed E-state index contributed by atoms with van der Waals surface area (Å²) < 4.78 is 0. The van der Waals surface area contributed by atoms with Gasteiger partial charge in [-0.05, 0) is 37.3 Å². The minimum atomic E-state index is -0.768. The molecule has 0 aromatic heterocycles. The number of benzene rings is 1. The number of rotatable bonds is 2. The Morgan fingerprint density at radius 1 is 1.42 bits per heavy atom. The van der Waals surface area contributed by atoms with Crippen molar-refractivity contribution in [3.8, 4) is 0 Å². The molecule has 1 aromatic rings. The summed E-state index contributed by atoms with van der Waals surface area (Å²) in [5.74, 6) is -0.654. The Kier molecular flexibility index (Phi) is 3.88. The SMILES string of the molecule is CC(=O)N1CCC(CC(=O)O)Cc2cc(C)ccc21. The molecule has 2 rings (SSSR count). The lowest BCUT2D eigenvalue weighted by atomic mass is 9.93. The monoisotopic (exact) mass is 261 g/mol. The zero-order chi connectivity index (χ0) is 14.0. The molecule has 1 N–H and O–H groups in total. The number of amides is 1. The summed E-state index contributed by atoms with van der Waals surface area (Å²) in [5, 5.41) is 8.95. The summed E-state index contributed by atoms with van der Waals surface area (Å²) in [5.41, 5.74) is 3.16. The summed E-state index contributed by atoms with van der Waals surface area (Å²) in [4.78, 5) is 24.4. The number of aryl methyl sites for hydroxylation is 1. The number of anilines is 1. The molecule has 0 fully saturated rings. The number of hydrogen-bond acceptors (Lipinski definition) is 2. The molecule has 1 aromatic carbocycles. The van der Waals surface area contributed by atoms with E-state index in [1.807, 2.05) is 19.1 Å². The van der Waals surface area contributed by atoms with Crippen LogP contribution in [0.1, 0.15) is 30.9 Å². The molecule has 0 saturated carbocycles. The average molecular weight is 261 g/mol.